The summed E-state index contributed by atoms with van der Waals surface area (Å²) in [5, 5.41) is 12.5. The molecule has 15 heavy (non-hydrogen) atoms. The van der Waals surface area contributed by atoms with Crippen molar-refractivity contribution in [2.45, 2.75) is 0 Å². The van der Waals surface area contributed by atoms with Gasteiger partial charge in [0.2, 0.25) is 0 Å². The van der Waals surface area contributed by atoms with E-state index in [1.165, 1.54) is 0 Å². The van der Waals surface area contributed by atoms with Crippen molar-refractivity contribution in [3.63, 3.8) is 0 Å². The van der Waals surface area contributed by atoms with E-state index in [2.05, 4.69) is 5.32 Å². The first kappa shape index (κ1) is 9.80. The SMILES string of the molecule is O=C1C=C(O)C(=Cc2ccc(Cl)cc2)N1. The van der Waals surface area contributed by atoms with Crippen LogP contribution >= 0.6 is 11.6 Å². The highest BCUT2D eigenvalue weighted by molar-refractivity contribution is 6.30. The molecule has 0 spiro atoms. The fourth-order valence-electron chi connectivity index (χ4n) is 1.27. The molecule has 0 aliphatic carbocycles. The molecule has 1 aliphatic heterocycles. The first-order valence-corrected chi connectivity index (χ1v) is 4.72. The number of hydrogen-bond acceptors (Lipinski definition) is 2. The minimum atomic E-state index is -0.312. The lowest BCUT2D eigenvalue weighted by Crippen LogP contribution is -2.13. The van der Waals surface area contributed by atoms with E-state index in [1.54, 1.807) is 30.3 Å². The first-order valence-electron chi connectivity index (χ1n) is 4.34. The molecule has 0 bridgehead atoms. The van der Waals surface area contributed by atoms with E-state index in [0.29, 0.717) is 10.7 Å². The van der Waals surface area contributed by atoms with Crippen LogP contribution in [0.4, 0.5) is 0 Å². The minimum Gasteiger partial charge on any atom is -0.506 e. The maximum atomic E-state index is 10.9. The Bertz CT molecular complexity index is 460. The highest BCUT2D eigenvalue weighted by atomic mass is 35.5. The van der Waals surface area contributed by atoms with Gasteiger partial charge in [0.05, 0.1) is 5.70 Å². The van der Waals surface area contributed by atoms with Gasteiger partial charge in [0.15, 0.2) is 0 Å². The smallest absolute Gasteiger partial charge is 0.252 e. The molecule has 0 saturated heterocycles. The molecule has 1 aliphatic rings. The zero-order valence-electron chi connectivity index (χ0n) is 7.70. The number of aliphatic hydroxyl groups is 1. The molecular formula is C11H8ClNO2. The summed E-state index contributed by atoms with van der Waals surface area (Å²) in [4.78, 5) is 10.9. The number of aliphatic hydroxyl groups excluding tert-OH is 1. The van der Waals surface area contributed by atoms with Gasteiger partial charge >= 0.3 is 0 Å². The van der Waals surface area contributed by atoms with Gasteiger partial charge in [-0.1, -0.05) is 23.7 Å². The van der Waals surface area contributed by atoms with Crippen molar-refractivity contribution in [3.05, 3.63) is 52.4 Å². The Balaban J connectivity index is 2.28. The molecule has 0 aromatic heterocycles. The number of hydrogen-bond donors (Lipinski definition) is 2. The van der Waals surface area contributed by atoms with Gasteiger partial charge < -0.3 is 10.4 Å². The van der Waals surface area contributed by atoms with E-state index < -0.39 is 0 Å². The fraction of sp³-hybridized carbons (Fsp3) is 0. The third-order valence-corrected chi connectivity index (χ3v) is 2.23. The van der Waals surface area contributed by atoms with E-state index in [1.807, 2.05) is 0 Å². The molecular weight excluding hydrogens is 214 g/mol. The van der Waals surface area contributed by atoms with Crippen molar-refractivity contribution in [2.24, 2.45) is 0 Å². The Morgan fingerprint density at radius 2 is 1.93 bits per heavy atom. The topological polar surface area (TPSA) is 49.3 Å². The number of rotatable bonds is 1. The molecule has 4 heteroatoms. The summed E-state index contributed by atoms with van der Waals surface area (Å²) in [7, 11) is 0. The van der Waals surface area contributed by atoms with Gasteiger partial charge in [-0.15, -0.1) is 0 Å². The molecule has 76 valence electrons. The van der Waals surface area contributed by atoms with Crippen LogP contribution in [0.3, 0.4) is 0 Å². The number of halogens is 1. The van der Waals surface area contributed by atoms with Crippen LogP contribution in [0, 0.1) is 0 Å². The first-order chi connectivity index (χ1) is 7.15. The number of carbonyl (C=O) groups excluding carboxylic acids is 1. The maximum Gasteiger partial charge on any atom is 0.252 e. The van der Waals surface area contributed by atoms with Gasteiger partial charge in [0.25, 0.3) is 5.91 Å². The molecule has 2 rings (SSSR count). The van der Waals surface area contributed by atoms with Crippen molar-refractivity contribution < 1.29 is 9.90 Å². The third-order valence-electron chi connectivity index (χ3n) is 1.98. The monoisotopic (exact) mass is 221 g/mol. The minimum absolute atomic E-state index is 0.0463. The molecule has 0 saturated carbocycles. The zero-order valence-corrected chi connectivity index (χ0v) is 8.45. The van der Waals surface area contributed by atoms with Crippen LogP contribution in [0.1, 0.15) is 5.56 Å². The van der Waals surface area contributed by atoms with E-state index in [0.717, 1.165) is 11.6 Å². The second kappa shape index (κ2) is 3.79. The Labute approximate surface area is 91.7 Å². The quantitative estimate of drug-likeness (QED) is 0.764. The average molecular weight is 222 g/mol. The van der Waals surface area contributed by atoms with E-state index in [-0.39, 0.29) is 11.7 Å². The summed E-state index contributed by atoms with van der Waals surface area (Å²) in [6.07, 6.45) is 2.81. The Kier molecular flexibility index (Phi) is 2.47. The van der Waals surface area contributed by atoms with E-state index >= 15 is 0 Å². The number of amides is 1. The van der Waals surface area contributed by atoms with Gasteiger partial charge in [-0.25, -0.2) is 0 Å². The second-order valence-corrected chi connectivity index (χ2v) is 3.56. The van der Waals surface area contributed by atoms with Gasteiger partial charge in [-0.05, 0) is 23.8 Å². The van der Waals surface area contributed by atoms with Crippen LogP contribution in [0.5, 0.6) is 0 Å². The lowest BCUT2D eigenvalue weighted by Gasteiger charge is -1.99. The highest BCUT2D eigenvalue weighted by Crippen LogP contribution is 2.16. The van der Waals surface area contributed by atoms with Gasteiger partial charge in [-0.3, -0.25) is 4.79 Å². The van der Waals surface area contributed by atoms with Crippen molar-refractivity contribution in [2.75, 3.05) is 0 Å². The molecule has 3 nitrogen and oxygen atoms in total. The van der Waals surface area contributed by atoms with Crippen LogP contribution in [-0.4, -0.2) is 11.0 Å². The molecule has 1 heterocycles. The van der Waals surface area contributed by atoms with Crippen molar-refractivity contribution in [1.82, 2.24) is 5.32 Å². The average Bonchev–Trinajstić information content (AvgIpc) is 2.49. The van der Waals surface area contributed by atoms with Crippen molar-refractivity contribution in [1.29, 1.82) is 0 Å². The Morgan fingerprint density at radius 3 is 2.47 bits per heavy atom. The molecule has 0 atom stereocenters. The predicted molar refractivity (Wildman–Crippen MR) is 58.3 cm³/mol. The van der Waals surface area contributed by atoms with Crippen LogP contribution in [0.2, 0.25) is 5.02 Å². The van der Waals surface area contributed by atoms with Gasteiger partial charge in [0, 0.05) is 11.1 Å². The molecule has 0 fully saturated rings. The zero-order chi connectivity index (χ0) is 10.8. The molecule has 2 N–H and O–H groups in total. The normalized spacial score (nSPS) is 17.8. The molecule has 0 unspecified atom stereocenters. The summed E-state index contributed by atoms with van der Waals surface area (Å²) in [6.45, 7) is 0. The third kappa shape index (κ3) is 2.19. The Hall–Kier alpha value is -1.74. The van der Waals surface area contributed by atoms with Crippen LogP contribution in [0.25, 0.3) is 6.08 Å². The van der Waals surface area contributed by atoms with Crippen LogP contribution < -0.4 is 5.32 Å². The Morgan fingerprint density at radius 1 is 1.27 bits per heavy atom. The summed E-state index contributed by atoms with van der Waals surface area (Å²) >= 11 is 5.73. The largest absolute Gasteiger partial charge is 0.506 e. The fourth-order valence-corrected chi connectivity index (χ4v) is 1.40. The highest BCUT2D eigenvalue weighted by Gasteiger charge is 2.15. The van der Waals surface area contributed by atoms with Gasteiger partial charge in [-0.2, -0.15) is 0 Å². The summed E-state index contributed by atoms with van der Waals surface area (Å²) in [5.74, 6) is -0.359. The predicted octanol–water partition coefficient (Wildman–Crippen LogP) is 2.25. The summed E-state index contributed by atoms with van der Waals surface area (Å²) in [6, 6.07) is 7.08. The molecule has 1 amide bonds. The van der Waals surface area contributed by atoms with E-state index in [4.69, 9.17) is 11.6 Å². The van der Waals surface area contributed by atoms with E-state index in [9.17, 15) is 9.90 Å². The van der Waals surface area contributed by atoms with Crippen LogP contribution in [0.15, 0.2) is 41.8 Å². The van der Waals surface area contributed by atoms with Crippen molar-refractivity contribution in [3.8, 4) is 0 Å². The second-order valence-electron chi connectivity index (χ2n) is 3.13. The maximum absolute atomic E-state index is 10.9. The summed E-state index contributed by atoms with van der Waals surface area (Å²) < 4.78 is 0. The number of carbonyl (C=O) groups is 1. The standard InChI is InChI=1S/C11H8ClNO2/c12-8-3-1-7(2-4-8)5-9-10(14)6-11(15)13-9/h1-6,14H,(H,13,15). The number of benzene rings is 1. The van der Waals surface area contributed by atoms with Crippen LogP contribution in [-0.2, 0) is 4.79 Å². The number of nitrogens with one attached hydrogen (secondary N) is 1. The molecule has 0 radical (unpaired) electrons. The van der Waals surface area contributed by atoms with Gasteiger partial charge in [0.1, 0.15) is 5.76 Å². The molecule has 1 aromatic rings. The molecule has 1 aromatic carbocycles. The lowest BCUT2D eigenvalue weighted by atomic mass is 10.2. The van der Waals surface area contributed by atoms with Crippen molar-refractivity contribution >= 4 is 23.6 Å². The summed E-state index contributed by atoms with van der Waals surface area (Å²) in [5.41, 5.74) is 1.26. The lowest BCUT2D eigenvalue weighted by molar-refractivity contribution is -0.115.